The Morgan fingerprint density at radius 1 is 0.274 bits per heavy atom. The van der Waals surface area contributed by atoms with Crippen LogP contribution in [0.15, 0.2) is 243 Å². The maximum absolute atomic E-state index is 2.42. The maximum atomic E-state index is 2.42. The minimum Gasteiger partial charge on any atom is -0.310 e. The number of hydrogen-bond donors (Lipinski definition) is 0. The third-order valence-corrected chi connectivity index (χ3v) is 12.5. The number of aromatic nitrogens is 1. The minimum absolute atomic E-state index is 1.09. The average Bonchev–Trinajstić information content (AvgIpc) is 3.70. The van der Waals surface area contributed by atoms with Gasteiger partial charge < -0.3 is 9.47 Å². The topological polar surface area (TPSA) is 8.17 Å². The van der Waals surface area contributed by atoms with Crippen molar-refractivity contribution >= 4 is 71.2 Å². The van der Waals surface area contributed by atoms with Crippen LogP contribution in [-0.4, -0.2) is 4.57 Å². The number of nitrogens with zero attached hydrogens (tertiary/aromatic N) is 2. The highest BCUT2D eigenvalue weighted by Crippen LogP contribution is 2.44. The molecule has 0 atom stereocenters. The first-order valence-electron chi connectivity index (χ1n) is 21.3. The SMILES string of the molecule is c1ccc(-n2c3cccc(-c4cccc(N(c5ccc(-c6ccc7ccccc7c6)cc5)c5ccc(-c6ccc7ccccc7c6)cc5)c4)c3c3c4ccccc4ccc32)cc1. The summed E-state index contributed by atoms with van der Waals surface area (Å²) in [5.74, 6) is 0. The van der Waals surface area contributed by atoms with E-state index in [9.17, 15) is 0 Å². The van der Waals surface area contributed by atoms with E-state index in [1.54, 1.807) is 0 Å². The summed E-state index contributed by atoms with van der Waals surface area (Å²) in [7, 11) is 0. The lowest BCUT2D eigenvalue weighted by molar-refractivity contribution is 1.18. The van der Waals surface area contributed by atoms with Crippen molar-refractivity contribution in [1.82, 2.24) is 4.57 Å². The molecular weight excluding hydrogens is 749 g/mol. The first-order valence-corrected chi connectivity index (χ1v) is 21.3. The van der Waals surface area contributed by atoms with Crippen LogP contribution in [-0.2, 0) is 0 Å². The lowest BCUT2D eigenvalue weighted by atomic mass is 9.96. The molecule has 0 saturated heterocycles. The summed E-state index contributed by atoms with van der Waals surface area (Å²) >= 11 is 0. The molecule has 2 nitrogen and oxygen atoms in total. The zero-order chi connectivity index (χ0) is 41.0. The highest BCUT2D eigenvalue weighted by molar-refractivity contribution is 6.25. The van der Waals surface area contributed by atoms with Gasteiger partial charge in [0.1, 0.15) is 0 Å². The fourth-order valence-electron chi connectivity index (χ4n) is 9.53. The molecule has 0 amide bonds. The second-order valence-corrected chi connectivity index (χ2v) is 16.2. The molecule has 11 aromatic carbocycles. The summed E-state index contributed by atoms with van der Waals surface area (Å²) in [6.07, 6.45) is 0. The highest BCUT2D eigenvalue weighted by Gasteiger charge is 2.20. The average molecular weight is 789 g/mol. The summed E-state index contributed by atoms with van der Waals surface area (Å²) in [6, 6.07) is 88.5. The van der Waals surface area contributed by atoms with Crippen molar-refractivity contribution in [1.29, 1.82) is 0 Å². The summed E-state index contributed by atoms with van der Waals surface area (Å²) in [6.45, 7) is 0. The van der Waals surface area contributed by atoms with Crippen molar-refractivity contribution in [2.24, 2.45) is 0 Å². The molecule has 0 unspecified atom stereocenters. The smallest absolute Gasteiger partial charge is 0.0547 e. The van der Waals surface area contributed by atoms with E-state index in [0.717, 1.165) is 22.7 Å². The molecule has 62 heavy (non-hydrogen) atoms. The van der Waals surface area contributed by atoms with Crippen LogP contribution >= 0.6 is 0 Å². The Bertz CT molecular complexity index is 3500. The largest absolute Gasteiger partial charge is 0.310 e. The summed E-state index contributed by atoms with van der Waals surface area (Å²) in [5, 5.41) is 10.0. The van der Waals surface area contributed by atoms with Crippen LogP contribution in [0.25, 0.3) is 93.2 Å². The fraction of sp³-hybridized carbons (Fsp3) is 0. The second-order valence-electron chi connectivity index (χ2n) is 16.2. The maximum Gasteiger partial charge on any atom is 0.0547 e. The van der Waals surface area contributed by atoms with Gasteiger partial charge in [0.2, 0.25) is 0 Å². The molecule has 0 bridgehead atoms. The lowest BCUT2D eigenvalue weighted by Gasteiger charge is -2.26. The second kappa shape index (κ2) is 14.8. The molecule has 290 valence electrons. The minimum atomic E-state index is 1.09. The van der Waals surface area contributed by atoms with Gasteiger partial charge in [-0.05, 0) is 138 Å². The van der Waals surface area contributed by atoms with Crippen molar-refractivity contribution < 1.29 is 0 Å². The molecule has 0 aliphatic rings. The molecule has 12 aromatic rings. The van der Waals surface area contributed by atoms with E-state index in [1.807, 2.05) is 0 Å². The van der Waals surface area contributed by atoms with Crippen LogP contribution in [0, 0.1) is 0 Å². The molecular formula is C60H40N2. The number of hydrogen-bond acceptors (Lipinski definition) is 1. The molecule has 1 aromatic heterocycles. The van der Waals surface area contributed by atoms with E-state index in [1.165, 1.54) is 87.5 Å². The van der Waals surface area contributed by atoms with Gasteiger partial charge in [-0.3, -0.25) is 0 Å². The predicted molar refractivity (Wildman–Crippen MR) is 264 cm³/mol. The number of fused-ring (bicyclic) bond motifs is 7. The van der Waals surface area contributed by atoms with Crippen molar-refractivity contribution in [3.63, 3.8) is 0 Å². The molecule has 0 saturated carbocycles. The van der Waals surface area contributed by atoms with Crippen molar-refractivity contribution in [2.45, 2.75) is 0 Å². The van der Waals surface area contributed by atoms with Crippen molar-refractivity contribution in [2.75, 3.05) is 4.90 Å². The number of anilines is 3. The van der Waals surface area contributed by atoms with E-state index in [4.69, 9.17) is 0 Å². The number of rotatable bonds is 7. The fourth-order valence-corrected chi connectivity index (χ4v) is 9.53. The third kappa shape index (κ3) is 6.12. The zero-order valence-corrected chi connectivity index (χ0v) is 34.0. The highest BCUT2D eigenvalue weighted by atomic mass is 15.1. The van der Waals surface area contributed by atoms with Gasteiger partial charge >= 0.3 is 0 Å². The summed E-state index contributed by atoms with van der Waals surface area (Å²) in [5.41, 5.74) is 14.0. The quantitative estimate of drug-likeness (QED) is 0.156. The standard InChI is InChI=1S/C60H40N2/c1-2-18-51(19-3-1)62-57-23-11-22-56(60(57)59-55-21-9-8-14-45(55)32-37-58(59)62)50-17-10-20-54(40-50)61(52-33-28-43(29-34-52)48-26-24-41-12-4-6-15-46(41)38-48)53-35-30-44(31-36-53)49-27-25-42-13-5-7-16-47(42)39-49/h1-40H. The van der Waals surface area contributed by atoms with Gasteiger partial charge in [0.05, 0.1) is 11.0 Å². The Morgan fingerprint density at radius 2 is 0.790 bits per heavy atom. The van der Waals surface area contributed by atoms with E-state index in [-0.39, 0.29) is 0 Å². The Balaban J connectivity index is 1.02. The normalized spacial score (nSPS) is 11.5. The molecule has 0 aliphatic heterocycles. The Kier molecular flexibility index (Phi) is 8.53. The predicted octanol–water partition coefficient (Wildman–Crippen LogP) is 16.7. The van der Waals surface area contributed by atoms with Gasteiger partial charge in [-0.25, -0.2) is 0 Å². The molecule has 2 heteroatoms. The van der Waals surface area contributed by atoms with Crippen LogP contribution < -0.4 is 4.90 Å². The Hall–Kier alpha value is -8.20. The van der Waals surface area contributed by atoms with E-state index in [0.29, 0.717) is 0 Å². The van der Waals surface area contributed by atoms with Gasteiger partial charge in [0.15, 0.2) is 0 Å². The van der Waals surface area contributed by atoms with Crippen LogP contribution in [0.1, 0.15) is 0 Å². The van der Waals surface area contributed by atoms with Crippen LogP contribution in [0.2, 0.25) is 0 Å². The monoisotopic (exact) mass is 788 g/mol. The van der Waals surface area contributed by atoms with Gasteiger partial charge in [0, 0.05) is 33.5 Å². The summed E-state index contributed by atoms with van der Waals surface area (Å²) < 4.78 is 2.42. The van der Waals surface area contributed by atoms with Crippen LogP contribution in [0.4, 0.5) is 17.1 Å². The first kappa shape index (κ1) is 35.7. The zero-order valence-electron chi connectivity index (χ0n) is 34.0. The van der Waals surface area contributed by atoms with Crippen molar-refractivity contribution in [3.05, 3.63) is 243 Å². The van der Waals surface area contributed by atoms with Crippen LogP contribution in [0.5, 0.6) is 0 Å². The Labute approximate surface area is 360 Å². The Morgan fingerprint density at radius 3 is 1.44 bits per heavy atom. The molecule has 12 rings (SSSR count). The number of benzene rings is 11. The van der Waals surface area contributed by atoms with Gasteiger partial charge in [-0.1, -0.05) is 170 Å². The number of para-hydroxylation sites is 1. The van der Waals surface area contributed by atoms with Crippen LogP contribution in [0.3, 0.4) is 0 Å². The lowest BCUT2D eigenvalue weighted by Crippen LogP contribution is -2.10. The van der Waals surface area contributed by atoms with E-state index < -0.39 is 0 Å². The molecule has 0 radical (unpaired) electrons. The molecule has 0 spiro atoms. The molecule has 0 fully saturated rings. The summed E-state index contributed by atoms with van der Waals surface area (Å²) in [4.78, 5) is 2.39. The molecule has 0 N–H and O–H groups in total. The third-order valence-electron chi connectivity index (χ3n) is 12.5. The van der Waals surface area contributed by atoms with Gasteiger partial charge in [-0.15, -0.1) is 0 Å². The van der Waals surface area contributed by atoms with Gasteiger partial charge in [-0.2, -0.15) is 0 Å². The first-order chi connectivity index (χ1) is 30.7. The van der Waals surface area contributed by atoms with Gasteiger partial charge in [0.25, 0.3) is 0 Å². The molecule has 1 heterocycles. The molecule has 0 aliphatic carbocycles. The van der Waals surface area contributed by atoms with E-state index >= 15 is 0 Å². The van der Waals surface area contributed by atoms with Crippen molar-refractivity contribution in [3.8, 4) is 39.1 Å². The van der Waals surface area contributed by atoms with E-state index in [2.05, 4.69) is 252 Å².